The van der Waals surface area contributed by atoms with Crippen molar-refractivity contribution in [2.24, 2.45) is 0 Å². The van der Waals surface area contributed by atoms with E-state index in [0.29, 0.717) is 6.42 Å². The quantitative estimate of drug-likeness (QED) is 0.629. The maximum Gasteiger partial charge on any atom is 0.293 e. The molecule has 1 rings (SSSR count). The molecular formula is C7H15NO4SW. The molecule has 2 atom stereocenters. The van der Waals surface area contributed by atoms with Gasteiger partial charge in [0.1, 0.15) is 0 Å². The van der Waals surface area contributed by atoms with Crippen molar-refractivity contribution >= 4 is 10.1 Å². The first-order valence-corrected chi connectivity index (χ1v) is 5.78. The first-order chi connectivity index (χ1) is 5.93. The number of aliphatic hydroxyl groups excluding tert-OH is 1. The van der Waals surface area contributed by atoms with E-state index in [1.54, 1.807) is 11.9 Å². The summed E-state index contributed by atoms with van der Waals surface area (Å²) < 4.78 is 30.0. The summed E-state index contributed by atoms with van der Waals surface area (Å²) in [6.07, 6.45) is 2.50. The number of aliphatic hydroxyl groups is 1. The second-order valence-electron chi connectivity index (χ2n) is 3.45. The molecule has 0 bridgehead atoms. The fourth-order valence-electron chi connectivity index (χ4n) is 1.66. The second-order valence-corrected chi connectivity index (χ2v) is 4.96. The van der Waals surface area contributed by atoms with Gasteiger partial charge >= 0.3 is 0 Å². The standard InChI is InChI=1S/C7H15NO4S.W/c1-8-5-3-2-4-6(8)7(9)13(10,11)12;/h6-7,9H,2-5H2,1H3,(H,10,11,12);/t6-,7?;/m0./s1. The van der Waals surface area contributed by atoms with Crippen LogP contribution in [-0.2, 0) is 31.2 Å². The number of piperidine rings is 1. The molecule has 0 saturated carbocycles. The molecule has 0 aromatic heterocycles. The summed E-state index contributed by atoms with van der Waals surface area (Å²) in [5, 5.41) is 9.30. The Kier molecular flexibility index (Phi) is 5.77. The number of rotatable bonds is 2. The molecule has 14 heavy (non-hydrogen) atoms. The zero-order chi connectivity index (χ0) is 10.1. The van der Waals surface area contributed by atoms with E-state index in [2.05, 4.69) is 0 Å². The van der Waals surface area contributed by atoms with Gasteiger partial charge in [-0.3, -0.25) is 9.45 Å². The van der Waals surface area contributed by atoms with Crippen molar-refractivity contribution in [1.29, 1.82) is 0 Å². The minimum atomic E-state index is -4.32. The number of nitrogens with zero attached hydrogens (tertiary/aromatic N) is 1. The van der Waals surface area contributed by atoms with Gasteiger partial charge in [0.15, 0.2) is 5.44 Å². The minimum Gasteiger partial charge on any atom is -0.374 e. The van der Waals surface area contributed by atoms with Gasteiger partial charge in [0.2, 0.25) is 0 Å². The smallest absolute Gasteiger partial charge is 0.293 e. The Bertz CT molecular complexity index is 269. The van der Waals surface area contributed by atoms with Crippen LogP contribution in [0.25, 0.3) is 0 Å². The molecule has 0 spiro atoms. The van der Waals surface area contributed by atoms with Crippen LogP contribution in [0.1, 0.15) is 19.3 Å². The van der Waals surface area contributed by atoms with E-state index in [9.17, 15) is 13.5 Å². The Hall–Kier alpha value is 0.518. The molecule has 1 unspecified atom stereocenters. The average Bonchev–Trinajstić information content (AvgIpc) is 2.02. The van der Waals surface area contributed by atoms with Gasteiger partial charge in [-0.15, -0.1) is 0 Å². The summed E-state index contributed by atoms with van der Waals surface area (Å²) in [5.74, 6) is 0. The van der Waals surface area contributed by atoms with Gasteiger partial charge in [-0.2, -0.15) is 8.42 Å². The molecular weight excluding hydrogens is 378 g/mol. The summed E-state index contributed by atoms with van der Waals surface area (Å²) >= 11 is 0. The van der Waals surface area contributed by atoms with Crippen LogP contribution in [0, 0.1) is 0 Å². The molecule has 0 radical (unpaired) electrons. The Balaban J connectivity index is 0.00000169. The summed E-state index contributed by atoms with van der Waals surface area (Å²) in [4.78, 5) is 1.77. The number of hydrogen-bond donors (Lipinski definition) is 2. The van der Waals surface area contributed by atoms with Crippen molar-refractivity contribution in [1.82, 2.24) is 4.90 Å². The van der Waals surface area contributed by atoms with Crippen molar-refractivity contribution in [3.05, 3.63) is 0 Å². The molecule has 1 saturated heterocycles. The van der Waals surface area contributed by atoms with Crippen LogP contribution in [0.5, 0.6) is 0 Å². The Morgan fingerprint density at radius 2 is 2.00 bits per heavy atom. The zero-order valence-electron chi connectivity index (χ0n) is 7.96. The van der Waals surface area contributed by atoms with Crippen LogP contribution in [0.2, 0.25) is 0 Å². The van der Waals surface area contributed by atoms with Crippen LogP contribution >= 0.6 is 0 Å². The molecule has 1 aliphatic rings. The minimum absolute atomic E-state index is 0. The third-order valence-electron chi connectivity index (χ3n) is 2.46. The molecule has 1 heterocycles. The topological polar surface area (TPSA) is 77.8 Å². The summed E-state index contributed by atoms with van der Waals surface area (Å²) in [5.41, 5.74) is -1.67. The van der Waals surface area contributed by atoms with Gasteiger partial charge in [-0.25, -0.2) is 0 Å². The SMILES string of the molecule is CN1CCCC[C@H]1C(O)S(=O)(=O)O.[W]. The van der Waals surface area contributed by atoms with E-state index in [0.717, 1.165) is 19.4 Å². The second kappa shape index (κ2) is 5.56. The van der Waals surface area contributed by atoms with Gasteiger partial charge in [0, 0.05) is 21.1 Å². The Morgan fingerprint density at radius 1 is 1.43 bits per heavy atom. The van der Waals surface area contributed by atoms with Gasteiger partial charge in [0.25, 0.3) is 10.1 Å². The predicted octanol–water partition coefficient (Wildman–Crippen LogP) is -0.326. The van der Waals surface area contributed by atoms with Crippen molar-refractivity contribution in [2.75, 3.05) is 13.6 Å². The van der Waals surface area contributed by atoms with E-state index >= 15 is 0 Å². The number of hydrogen-bond acceptors (Lipinski definition) is 4. The first kappa shape index (κ1) is 14.5. The van der Waals surface area contributed by atoms with Gasteiger partial charge < -0.3 is 5.11 Å². The normalized spacial score (nSPS) is 26.6. The van der Waals surface area contributed by atoms with E-state index in [1.165, 1.54) is 0 Å². The largest absolute Gasteiger partial charge is 0.374 e. The summed E-state index contributed by atoms with van der Waals surface area (Å²) in [6.45, 7) is 0.761. The molecule has 84 valence electrons. The molecule has 1 fully saturated rings. The van der Waals surface area contributed by atoms with E-state index < -0.39 is 21.6 Å². The fraction of sp³-hybridized carbons (Fsp3) is 1.00. The van der Waals surface area contributed by atoms with Gasteiger partial charge in [0.05, 0.1) is 6.04 Å². The van der Waals surface area contributed by atoms with Crippen LogP contribution in [0.15, 0.2) is 0 Å². The third-order valence-corrected chi connectivity index (χ3v) is 3.39. The zero-order valence-corrected chi connectivity index (χ0v) is 11.7. The van der Waals surface area contributed by atoms with E-state index in [-0.39, 0.29) is 21.1 Å². The molecule has 5 nitrogen and oxygen atoms in total. The van der Waals surface area contributed by atoms with Crippen molar-refractivity contribution in [3.8, 4) is 0 Å². The van der Waals surface area contributed by atoms with Crippen LogP contribution in [-0.4, -0.2) is 48.0 Å². The van der Waals surface area contributed by atoms with Crippen molar-refractivity contribution < 1.29 is 39.1 Å². The maximum absolute atomic E-state index is 10.7. The average molecular weight is 393 g/mol. The number of likely N-dealkylation sites (N-methyl/N-ethyl adjacent to an activating group) is 1. The molecule has 1 aliphatic heterocycles. The van der Waals surface area contributed by atoms with E-state index in [4.69, 9.17) is 4.55 Å². The molecule has 0 aliphatic carbocycles. The monoisotopic (exact) mass is 393 g/mol. The number of likely N-dealkylation sites (tertiary alicyclic amines) is 1. The van der Waals surface area contributed by atoms with Crippen molar-refractivity contribution in [2.45, 2.75) is 30.7 Å². The molecule has 0 aromatic rings. The third kappa shape index (κ3) is 3.59. The summed E-state index contributed by atoms with van der Waals surface area (Å²) in [6, 6.07) is -0.469. The van der Waals surface area contributed by atoms with Crippen LogP contribution in [0.4, 0.5) is 0 Å². The predicted molar refractivity (Wildman–Crippen MR) is 47.8 cm³/mol. The van der Waals surface area contributed by atoms with Gasteiger partial charge in [-0.05, 0) is 26.4 Å². The maximum atomic E-state index is 10.7. The molecule has 0 aromatic carbocycles. The fourth-order valence-corrected chi connectivity index (χ4v) is 2.40. The van der Waals surface area contributed by atoms with Crippen molar-refractivity contribution in [3.63, 3.8) is 0 Å². The van der Waals surface area contributed by atoms with Gasteiger partial charge in [-0.1, -0.05) is 6.42 Å². The molecule has 2 N–H and O–H groups in total. The summed E-state index contributed by atoms with van der Waals surface area (Å²) in [7, 11) is -2.57. The van der Waals surface area contributed by atoms with Crippen LogP contribution < -0.4 is 0 Å². The van der Waals surface area contributed by atoms with Crippen LogP contribution in [0.3, 0.4) is 0 Å². The first-order valence-electron chi connectivity index (χ1n) is 4.27. The Labute approximate surface area is 98.5 Å². The Morgan fingerprint density at radius 3 is 2.43 bits per heavy atom. The van der Waals surface area contributed by atoms with E-state index in [1.807, 2.05) is 0 Å². The molecule has 0 amide bonds. The molecule has 7 heteroatoms.